The van der Waals surface area contributed by atoms with E-state index in [0.29, 0.717) is 0 Å². The number of rotatable bonds is 3. The highest BCUT2D eigenvalue weighted by Crippen LogP contribution is 1.86. The molecule has 0 aliphatic carbocycles. The van der Waals surface area contributed by atoms with Gasteiger partial charge >= 0.3 is 5.97 Å². The molecule has 0 aromatic carbocycles. The first-order valence-electron chi connectivity index (χ1n) is 2.62. The molecule has 0 aliphatic rings. The first-order chi connectivity index (χ1) is 4.63. The zero-order chi connectivity index (χ0) is 8.15. The first-order valence-corrected chi connectivity index (χ1v) is 2.62. The Kier molecular flexibility index (Phi) is 3.10. The number of aliphatic carboxylic acids is 1. The molecule has 0 aliphatic heterocycles. The maximum Gasteiger partial charge on any atom is 0.361 e. The molecule has 0 spiro atoms. The van der Waals surface area contributed by atoms with Gasteiger partial charge in [-0.25, -0.2) is 4.79 Å². The van der Waals surface area contributed by atoms with Gasteiger partial charge in [0.15, 0.2) is 5.78 Å². The van der Waals surface area contributed by atoms with E-state index < -0.39 is 17.5 Å². The number of carbonyl (C=O) groups excluding carboxylic acids is 1. The van der Waals surface area contributed by atoms with Crippen molar-refractivity contribution in [3.8, 4) is 0 Å². The van der Waals surface area contributed by atoms with Crippen molar-refractivity contribution in [2.24, 2.45) is 5.16 Å². The maximum absolute atomic E-state index is 10.5. The number of carboxylic acids is 1. The Labute approximate surface area is 57.0 Å². The van der Waals surface area contributed by atoms with Crippen LogP contribution in [0.5, 0.6) is 0 Å². The third-order valence-electron chi connectivity index (χ3n) is 0.888. The van der Waals surface area contributed by atoms with Gasteiger partial charge in [0, 0.05) is 6.42 Å². The van der Waals surface area contributed by atoms with Crippen LogP contribution < -0.4 is 0 Å². The summed E-state index contributed by atoms with van der Waals surface area (Å²) < 4.78 is 0. The molecule has 56 valence electrons. The van der Waals surface area contributed by atoms with E-state index in [2.05, 4.69) is 5.16 Å². The highest BCUT2D eigenvalue weighted by Gasteiger charge is 2.17. The lowest BCUT2D eigenvalue weighted by Gasteiger charge is -1.91. The van der Waals surface area contributed by atoms with E-state index in [1.54, 1.807) is 0 Å². The predicted octanol–water partition coefficient (Wildman–Crippen LogP) is -0.120. The number of hydrogen-bond donors (Lipinski definition) is 2. The molecule has 0 atom stereocenters. The summed E-state index contributed by atoms with van der Waals surface area (Å²) in [4.78, 5) is 20.5. The average molecular weight is 145 g/mol. The molecule has 0 bridgehead atoms. The van der Waals surface area contributed by atoms with Crippen LogP contribution in [0, 0.1) is 0 Å². The molecule has 0 heterocycles. The summed E-state index contributed by atoms with van der Waals surface area (Å²) in [6.45, 7) is 1.48. The Morgan fingerprint density at radius 2 is 2.00 bits per heavy atom. The number of hydrogen-bond acceptors (Lipinski definition) is 4. The Morgan fingerprint density at radius 1 is 1.50 bits per heavy atom. The number of carbonyl (C=O) groups is 2. The molecule has 0 amide bonds. The molecule has 0 radical (unpaired) electrons. The van der Waals surface area contributed by atoms with E-state index in [4.69, 9.17) is 10.3 Å². The van der Waals surface area contributed by atoms with Gasteiger partial charge < -0.3 is 10.3 Å². The quantitative estimate of drug-likeness (QED) is 0.251. The summed E-state index contributed by atoms with van der Waals surface area (Å²) >= 11 is 0. The molecule has 0 aromatic rings. The van der Waals surface area contributed by atoms with Crippen LogP contribution in [0.2, 0.25) is 0 Å². The largest absolute Gasteiger partial charge is 0.476 e. The number of oxime groups is 1. The summed E-state index contributed by atoms with van der Waals surface area (Å²) in [5.41, 5.74) is -0.817. The lowest BCUT2D eigenvalue weighted by molar-refractivity contribution is -0.130. The normalized spacial score (nSPS) is 11.1. The van der Waals surface area contributed by atoms with E-state index in [1.807, 2.05) is 0 Å². The van der Waals surface area contributed by atoms with Gasteiger partial charge in [0.05, 0.1) is 0 Å². The minimum absolute atomic E-state index is 0.0195. The summed E-state index contributed by atoms with van der Waals surface area (Å²) in [5.74, 6) is -2.19. The number of Topliss-reactive ketones (excluding diaryl/α,β-unsaturated/α-hetero) is 1. The lowest BCUT2D eigenvalue weighted by atomic mass is 10.2. The summed E-state index contributed by atoms with van der Waals surface area (Å²) in [6, 6.07) is 0. The Hall–Kier alpha value is -1.39. The summed E-state index contributed by atoms with van der Waals surface area (Å²) in [5, 5.41) is 18.5. The molecule has 0 rings (SSSR count). The molecule has 0 fully saturated rings. The highest BCUT2D eigenvalue weighted by molar-refractivity contribution is 6.63. The van der Waals surface area contributed by atoms with Crippen molar-refractivity contribution >= 4 is 17.5 Å². The molecule has 5 heteroatoms. The van der Waals surface area contributed by atoms with Crippen molar-refractivity contribution in [3.05, 3.63) is 0 Å². The second-order valence-corrected chi connectivity index (χ2v) is 1.53. The van der Waals surface area contributed by atoms with Crippen molar-refractivity contribution in [2.45, 2.75) is 13.3 Å². The standard InChI is InChI=1S/C5H7NO4/c1-2-3(7)4(6-10)5(8)9/h10H,2H2,1H3,(H,8,9)/b6-4+. The Bertz CT molecular complexity index is 184. The smallest absolute Gasteiger partial charge is 0.361 e. The third kappa shape index (κ3) is 1.85. The fourth-order valence-corrected chi connectivity index (χ4v) is 0.385. The molecule has 0 saturated heterocycles. The average Bonchev–Trinajstić information content (AvgIpc) is 1.88. The van der Waals surface area contributed by atoms with Gasteiger partial charge in [-0.1, -0.05) is 12.1 Å². The SMILES string of the molecule is CCC(=O)/C(=N\O)C(=O)O. The molecular weight excluding hydrogens is 138 g/mol. The fourth-order valence-electron chi connectivity index (χ4n) is 0.385. The van der Waals surface area contributed by atoms with Gasteiger partial charge in [-0.2, -0.15) is 0 Å². The van der Waals surface area contributed by atoms with E-state index in [-0.39, 0.29) is 6.42 Å². The second-order valence-electron chi connectivity index (χ2n) is 1.53. The molecule has 0 aromatic heterocycles. The maximum atomic E-state index is 10.5. The van der Waals surface area contributed by atoms with Crippen LogP contribution in [0.3, 0.4) is 0 Å². The molecule has 10 heavy (non-hydrogen) atoms. The minimum Gasteiger partial charge on any atom is -0.476 e. The van der Waals surface area contributed by atoms with Crippen LogP contribution in [0.1, 0.15) is 13.3 Å². The highest BCUT2D eigenvalue weighted by atomic mass is 16.4. The van der Waals surface area contributed by atoms with Crippen LogP contribution in [0.25, 0.3) is 0 Å². The van der Waals surface area contributed by atoms with E-state index in [1.165, 1.54) is 6.92 Å². The number of ketones is 1. The van der Waals surface area contributed by atoms with Crippen molar-refractivity contribution in [1.82, 2.24) is 0 Å². The van der Waals surface area contributed by atoms with Gasteiger partial charge in [0.2, 0.25) is 5.71 Å². The number of nitrogens with zero attached hydrogens (tertiary/aromatic N) is 1. The molecule has 0 unspecified atom stereocenters. The zero-order valence-corrected chi connectivity index (χ0v) is 5.37. The molecular formula is C5H7NO4. The molecule has 5 nitrogen and oxygen atoms in total. The summed E-state index contributed by atoms with van der Waals surface area (Å²) in [7, 11) is 0. The number of carboxylic acid groups (broad SMARTS) is 1. The van der Waals surface area contributed by atoms with Crippen LogP contribution in [-0.2, 0) is 9.59 Å². The van der Waals surface area contributed by atoms with Crippen LogP contribution >= 0.6 is 0 Å². The van der Waals surface area contributed by atoms with Gasteiger partial charge in [0.25, 0.3) is 0 Å². The monoisotopic (exact) mass is 145 g/mol. The van der Waals surface area contributed by atoms with Crippen LogP contribution in [0.4, 0.5) is 0 Å². The zero-order valence-electron chi connectivity index (χ0n) is 5.37. The molecule has 2 N–H and O–H groups in total. The van der Waals surface area contributed by atoms with E-state index in [0.717, 1.165) is 0 Å². The second kappa shape index (κ2) is 3.60. The van der Waals surface area contributed by atoms with Gasteiger partial charge in [-0.3, -0.25) is 4.79 Å². The first kappa shape index (κ1) is 8.61. The minimum atomic E-state index is -1.51. The van der Waals surface area contributed by atoms with E-state index in [9.17, 15) is 9.59 Å². The van der Waals surface area contributed by atoms with Crippen molar-refractivity contribution in [1.29, 1.82) is 0 Å². The van der Waals surface area contributed by atoms with Crippen molar-refractivity contribution in [3.63, 3.8) is 0 Å². The van der Waals surface area contributed by atoms with Crippen LogP contribution in [-0.4, -0.2) is 27.8 Å². The lowest BCUT2D eigenvalue weighted by Crippen LogP contribution is -2.22. The van der Waals surface area contributed by atoms with Crippen molar-refractivity contribution in [2.75, 3.05) is 0 Å². The summed E-state index contributed by atoms with van der Waals surface area (Å²) in [6.07, 6.45) is 0.0195. The topological polar surface area (TPSA) is 87.0 Å². The van der Waals surface area contributed by atoms with Crippen molar-refractivity contribution < 1.29 is 19.9 Å². The van der Waals surface area contributed by atoms with Crippen LogP contribution in [0.15, 0.2) is 5.16 Å². The fraction of sp³-hybridized carbons (Fsp3) is 0.400. The van der Waals surface area contributed by atoms with Gasteiger partial charge in [-0.05, 0) is 0 Å². The Morgan fingerprint density at radius 3 is 2.10 bits per heavy atom. The molecule has 0 saturated carbocycles. The predicted molar refractivity (Wildman–Crippen MR) is 32.2 cm³/mol. The van der Waals surface area contributed by atoms with Gasteiger partial charge in [0.1, 0.15) is 0 Å². The Balaban J connectivity index is 4.39. The van der Waals surface area contributed by atoms with Gasteiger partial charge in [-0.15, -0.1) is 0 Å². The van der Waals surface area contributed by atoms with E-state index >= 15 is 0 Å². The third-order valence-corrected chi connectivity index (χ3v) is 0.888.